The smallest absolute Gasteiger partial charge is 0.279 e. The standard InChI is InChI=1S/C15H19N3O3/c19-12-11(16-7-17-12)13(20)18-14(21)15-4-8-1-9(5-15)3-10(2-8)6-15/h7-10,19H,1-6H2,(H,16,17)(H,18,20,21). The molecule has 4 aliphatic carbocycles. The third-order valence-corrected chi connectivity index (χ3v) is 5.59. The molecule has 21 heavy (non-hydrogen) atoms. The molecule has 0 radical (unpaired) electrons. The van der Waals surface area contributed by atoms with E-state index < -0.39 is 5.91 Å². The number of imidazole rings is 1. The van der Waals surface area contributed by atoms with Gasteiger partial charge in [0.15, 0.2) is 5.69 Å². The van der Waals surface area contributed by atoms with Crippen LogP contribution in [0.5, 0.6) is 5.88 Å². The van der Waals surface area contributed by atoms with E-state index in [-0.39, 0.29) is 22.9 Å². The summed E-state index contributed by atoms with van der Waals surface area (Å²) in [6, 6.07) is 0. The minimum Gasteiger partial charge on any atom is -0.492 e. The van der Waals surface area contributed by atoms with Crippen molar-refractivity contribution in [3.63, 3.8) is 0 Å². The summed E-state index contributed by atoms with van der Waals surface area (Å²) in [5, 5.41) is 11.9. The molecule has 4 bridgehead atoms. The minimum atomic E-state index is -0.592. The van der Waals surface area contributed by atoms with E-state index in [1.165, 1.54) is 25.6 Å². The molecule has 4 aliphatic rings. The maximum absolute atomic E-state index is 12.7. The van der Waals surface area contributed by atoms with Gasteiger partial charge in [-0.25, -0.2) is 4.98 Å². The van der Waals surface area contributed by atoms with Crippen LogP contribution in [-0.2, 0) is 4.79 Å². The maximum atomic E-state index is 12.7. The number of carbonyl (C=O) groups excluding carboxylic acids is 2. The fourth-order valence-corrected chi connectivity index (χ4v) is 5.14. The predicted molar refractivity (Wildman–Crippen MR) is 73.3 cm³/mol. The monoisotopic (exact) mass is 289 g/mol. The van der Waals surface area contributed by atoms with Crippen LogP contribution in [0.4, 0.5) is 0 Å². The van der Waals surface area contributed by atoms with E-state index in [2.05, 4.69) is 15.3 Å². The number of aromatic hydroxyl groups is 1. The van der Waals surface area contributed by atoms with E-state index in [0.717, 1.165) is 19.3 Å². The van der Waals surface area contributed by atoms with Crippen molar-refractivity contribution in [2.45, 2.75) is 38.5 Å². The van der Waals surface area contributed by atoms with Gasteiger partial charge in [0, 0.05) is 0 Å². The number of H-pyrrole nitrogens is 1. The number of hydrogen-bond donors (Lipinski definition) is 3. The maximum Gasteiger partial charge on any atom is 0.279 e. The summed E-state index contributed by atoms with van der Waals surface area (Å²) in [6.07, 6.45) is 7.72. The molecular weight excluding hydrogens is 270 g/mol. The number of nitrogens with zero attached hydrogens (tertiary/aromatic N) is 1. The van der Waals surface area contributed by atoms with Crippen LogP contribution >= 0.6 is 0 Å². The highest BCUT2D eigenvalue weighted by atomic mass is 16.3. The normalized spacial score (nSPS) is 36.7. The van der Waals surface area contributed by atoms with Gasteiger partial charge in [-0.05, 0) is 56.3 Å². The molecule has 0 atom stereocenters. The molecule has 4 saturated carbocycles. The van der Waals surface area contributed by atoms with Gasteiger partial charge in [-0.2, -0.15) is 0 Å². The Morgan fingerprint density at radius 1 is 1.19 bits per heavy atom. The zero-order valence-electron chi connectivity index (χ0n) is 11.8. The molecule has 0 unspecified atom stereocenters. The number of aromatic nitrogens is 2. The second kappa shape index (κ2) is 4.32. The van der Waals surface area contributed by atoms with Crippen molar-refractivity contribution < 1.29 is 14.7 Å². The van der Waals surface area contributed by atoms with Gasteiger partial charge in [0.1, 0.15) is 0 Å². The lowest BCUT2D eigenvalue weighted by atomic mass is 9.49. The van der Waals surface area contributed by atoms with Crippen LogP contribution in [0.2, 0.25) is 0 Å². The zero-order valence-corrected chi connectivity index (χ0v) is 11.8. The Kier molecular flexibility index (Phi) is 2.65. The van der Waals surface area contributed by atoms with Gasteiger partial charge >= 0.3 is 0 Å². The van der Waals surface area contributed by atoms with Gasteiger partial charge in [0.25, 0.3) is 5.91 Å². The quantitative estimate of drug-likeness (QED) is 0.720. The molecule has 5 rings (SSSR count). The molecule has 0 saturated heterocycles. The third-order valence-electron chi connectivity index (χ3n) is 5.59. The third kappa shape index (κ3) is 1.96. The molecule has 3 N–H and O–H groups in total. The Morgan fingerprint density at radius 2 is 1.76 bits per heavy atom. The molecule has 1 aromatic heterocycles. The number of imide groups is 1. The van der Waals surface area contributed by atoms with Crippen LogP contribution in [0.3, 0.4) is 0 Å². The molecule has 6 nitrogen and oxygen atoms in total. The number of carbonyl (C=O) groups is 2. The average Bonchev–Trinajstić information content (AvgIpc) is 2.83. The largest absolute Gasteiger partial charge is 0.492 e. The molecule has 4 fully saturated rings. The first-order valence-electron chi connectivity index (χ1n) is 7.64. The molecule has 0 aromatic carbocycles. The van der Waals surface area contributed by atoms with E-state index in [1.54, 1.807) is 0 Å². The van der Waals surface area contributed by atoms with E-state index in [9.17, 15) is 14.7 Å². The van der Waals surface area contributed by atoms with Gasteiger partial charge < -0.3 is 10.1 Å². The first-order valence-corrected chi connectivity index (χ1v) is 7.64. The molecular formula is C15H19N3O3. The topological polar surface area (TPSA) is 95.1 Å². The van der Waals surface area contributed by atoms with Crippen molar-refractivity contribution >= 4 is 11.8 Å². The van der Waals surface area contributed by atoms with E-state index in [1.807, 2.05) is 0 Å². The second-order valence-corrected chi connectivity index (χ2v) is 7.08. The van der Waals surface area contributed by atoms with Gasteiger partial charge in [-0.3, -0.25) is 14.9 Å². The number of aromatic amines is 1. The fourth-order valence-electron chi connectivity index (χ4n) is 5.14. The molecule has 6 heteroatoms. The van der Waals surface area contributed by atoms with Gasteiger partial charge in [0.05, 0.1) is 11.7 Å². The van der Waals surface area contributed by atoms with Crippen LogP contribution in [0.15, 0.2) is 6.33 Å². The first kappa shape index (κ1) is 12.9. The second-order valence-electron chi connectivity index (χ2n) is 7.08. The van der Waals surface area contributed by atoms with Crippen LogP contribution in [0.1, 0.15) is 49.0 Å². The van der Waals surface area contributed by atoms with Crippen LogP contribution < -0.4 is 5.32 Å². The number of nitrogens with one attached hydrogen (secondary N) is 2. The van der Waals surface area contributed by atoms with Crippen molar-refractivity contribution in [2.75, 3.05) is 0 Å². The summed E-state index contributed by atoms with van der Waals surface area (Å²) in [5.74, 6) is 0.824. The van der Waals surface area contributed by atoms with Crippen molar-refractivity contribution in [1.82, 2.24) is 15.3 Å². The van der Waals surface area contributed by atoms with Crippen LogP contribution in [0, 0.1) is 23.2 Å². The molecule has 2 amide bonds. The molecule has 1 heterocycles. The van der Waals surface area contributed by atoms with Crippen LogP contribution in [0.25, 0.3) is 0 Å². The first-order chi connectivity index (χ1) is 10.1. The van der Waals surface area contributed by atoms with E-state index in [0.29, 0.717) is 17.8 Å². The molecule has 1 aromatic rings. The Hall–Kier alpha value is -1.85. The zero-order chi connectivity index (χ0) is 14.6. The molecule has 0 spiro atoms. The molecule has 112 valence electrons. The van der Waals surface area contributed by atoms with E-state index >= 15 is 0 Å². The Bertz CT molecular complexity index is 572. The lowest BCUT2D eigenvalue weighted by molar-refractivity contribution is -0.145. The number of hydrogen-bond acceptors (Lipinski definition) is 4. The number of amides is 2. The summed E-state index contributed by atoms with van der Waals surface area (Å²) in [5.41, 5.74) is -0.409. The highest BCUT2D eigenvalue weighted by molar-refractivity contribution is 6.06. The summed E-state index contributed by atoms with van der Waals surface area (Å²) in [4.78, 5) is 30.9. The van der Waals surface area contributed by atoms with Gasteiger partial charge in [-0.15, -0.1) is 0 Å². The van der Waals surface area contributed by atoms with Gasteiger partial charge in [0.2, 0.25) is 11.8 Å². The summed E-state index contributed by atoms with van der Waals surface area (Å²) < 4.78 is 0. The summed E-state index contributed by atoms with van der Waals surface area (Å²) in [6.45, 7) is 0. The van der Waals surface area contributed by atoms with Crippen LogP contribution in [-0.4, -0.2) is 26.9 Å². The van der Waals surface area contributed by atoms with Crippen molar-refractivity contribution in [3.8, 4) is 5.88 Å². The Balaban J connectivity index is 1.53. The van der Waals surface area contributed by atoms with Crippen molar-refractivity contribution in [3.05, 3.63) is 12.0 Å². The van der Waals surface area contributed by atoms with E-state index in [4.69, 9.17) is 0 Å². The lowest BCUT2D eigenvalue weighted by Gasteiger charge is -2.55. The lowest BCUT2D eigenvalue weighted by Crippen LogP contribution is -2.54. The Labute approximate surface area is 122 Å². The highest BCUT2D eigenvalue weighted by Gasteiger charge is 2.54. The summed E-state index contributed by atoms with van der Waals surface area (Å²) in [7, 11) is 0. The van der Waals surface area contributed by atoms with Crippen molar-refractivity contribution in [2.24, 2.45) is 23.2 Å². The van der Waals surface area contributed by atoms with Crippen molar-refractivity contribution in [1.29, 1.82) is 0 Å². The summed E-state index contributed by atoms with van der Waals surface area (Å²) >= 11 is 0. The SMILES string of the molecule is O=C(NC(=O)C12CC3CC(CC(C3)C1)C2)c1[nH]cnc1O. The fraction of sp³-hybridized carbons (Fsp3) is 0.667. The number of rotatable bonds is 2. The predicted octanol–water partition coefficient (Wildman–Crippen LogP) is 1.59. The minimum absolute atomic E-state index is 0.0481. The average molecular weight is 289 g/mol. The highest BCUT2D eigenvalue weighted by Crippen LogP contribution is 2.60. The Morgan fingerprint density at radius 3 is 2.24 bits per heavy atom. The van der Waals surface area contributed by atoms with Gasteiger partial charge in [-0.1, -0.05) is 0 Å². The molecule has 0 aliphatic heterocycles.